The summed E-state index contributed by atoms with van der Waals surface area (Å²) in [7, 11) is 0. The van der Waals surface area contributed by atoms with Crippen molar-refractivity contribution in [2.45, 2.75) is 32.2 Å². The molecule has 0 bridgehead atoms. The molecule has 1 aromatic rings. The summed E-state index contributed by atoms with van der Waals surface area (Å²) in [5.41, 5.74) is 1.03. The van der Waals surface area contributed by atoms with Crippen LogP contribution in [0, 0.1) is 5.92 Å². The molecule has 1 unspecified atom stereocenters. The molecule has 1 atom stereocenters. The molecule has 0 aromatic carbocycles. The van der Waals surface area contributed by atoms with Crippen molar-refractivity contribution in [1.82, 2.24) is 15.3 Å². The second-order valence-corrected chi connectivity index (χ2v) is 4.06. The van der Waals surface area contributed by atoms with Gasteiger partial charge in [-0.15, -0.1) is 0 Å². The average molecular weight is 191 g/mol. The Bertz CT molecular complexity index is 269. The van der Waals surface area contributed by atoms with Gasteiger partial charge in [-0.05, 0) is 32.2 Å². The van der Waals surface area contributed by atoms with Gasteiger partial charge in [-0.3, -0.25) is 9.97 Å². The maximum absolute atomic E-state index is 4.28. The molecule has 3 nitrogen and oxygen atoms in total. The minimum atomic E-state index is 0.323. The Morgan fingerprint density at radius 1 is 1.50 bits per heavy atom. The molecule has 0 saturated heterocycles. The molecule has 0 spiro atoms. The predicted octanol–water partition coefficient (Wildman–Crippen LogP) is 1.93. The van der Waals surface area contributed by atoms with Crippen LogP contribution in [-0.4, -0.2) is 16.5 Å². The Kier molecular flexibility index (Phi) is 3.09. The van der Waals surface area contributed by atoms with E-state index >= 15 is 0 Å². The normalized spacial score (nSPS) is 18.9. The minimum absolute atomic E-state index is 0.323. The van der Waals surface area contributed by atoms with Gasteiger partial charge in [0.15, 0.2) is 0 Å². The van der Waals surface area contributed by atoms with Crippen molar-refractivity contribution in [2.75, 3.05) is 6.54 Å². The first-order valence-electron chi connectivity index (χ1n) is 5.35. The highest BCUT2D eigenvalue weighted by Gasteiger charge is 2.18. The summed E-state index contributed by atoms with van der Waals surface area (Å²) in [5.74, 6) is 0.897. The van der Waals surface area contributed by atoms with Gasteiger partial charge in [0.2, 0.25) is 0 Å². The van der Waals surface area contributed by atoms with Gasteiger partial charge < -0.3 is 5.32 Å². The van der Waals surface area contributed by atoms with E-state index in [2.05, 4.69) is 22.2 Å². The van der Waals surface area contributed by atoms with E-state index in [1.165, 1.54) is 19.3 Å². The molecule has 0 radical (unpaired) electrons. The van der Waals surface area contributed by atoms with Crippen LogP contribution in [0.2, 0.25) is 0 Å². The first-order valence-corrected chi connectivity index (χ1v) is 5.35. The fourth-order valence-electron chi connectivity index (χ4n) is 1.68. The van der Waals surface area contributed by atoms with Gasteiger partial charge in [0.1, 0.15) is 0 Å². The van der Waals surface area contributed by atoms with Crippen molar-refractivity contribution in [3.63, 3.8) is 0 Å². The zero-order valence-electron chi connectivity index (χ0n) is 8.61. The van der Waals surface area contributed by atoms with E-state index in [1.54, 1.807) is 12.4 Å². The zero-order chi connectivity index (χ0) is 9.80. The standard InChI is InChI=1S/C11H17N3/c1-9(11-8-12-5-6-13-11)14-7-10-3-2-4-10/h5-6,8-10,14H,2-4,7H2,1H3. The minimum Gasteiger partial charge on any atom is -0.309 e. The number of aromatic nitrogens is 2. The molecule has 1 aliphatic rings. The highest BCUT2D eigenvalue weighted by atomic mass is 14.9. The monoisotopic (exact) mass is 191 g/mol. The Morgan fingerprint density at radius 2 is 2.36 bits per heavy atom. The first kappa shape index (κ1) is 9.59. The molecule has 1 heterocycles. The second kappa shape index (κ2) is 4.51. The van der Waals surface area contributed by atoms with Gasteiger partial charge >= 0.3 is 0 Å². The maximum atomic E-state index is 4.28. The van der Waals surface area contributed by atoms with Crippen LogP contribution < -0.4 is 5.32 Å². The summed E-state index contributed by atoms with van der Waals surface area (Å²) in [6.07, 6.45) is 9.48. The fourth-order valence-corrected chi connectivity index (χ4v) is 1.68. The maximum Gasteiger partial charge on any atom is 0.0753 e. The van der Waals surface area contributed by atoms with Gasteiger partial charge in [0.25, 0.3) is 0 Å². The Labute approximate surface area is 85.0 Å². The van der Waals surface area contributed by atoms with Crippen molar-refractivity contribution in [1.29, 1.82) is 0 Å². The second-order valence-electron chi connectivity index (χ2n) is 4.06. The molecule has 1 aromatic heterocycles. The summed E-state index contributed by atoms with van der Waals surface area (Å²) in [6, 6.07) is 0.323. The third-order valence-corrected chi connectivity index (χ3v) is 2.96. The highest BCUT2D eigenvalue weighted by Crippen LogP contribution is 2.25. The number of nitrogens with zero attached hydrogens (tertiary/aromatic N) is 2. The lowest BCUT2D eigenvalue weighted by Crippen LogP contribution is -2.29. The molecule has 0 amide bonds. The number of hydrogen-bond acceptors (Lipinski definition) is 3. The van der Waals surface area contributed by atoms with Crippen molar-refractivity contribution >= 4 is 0 Å². The van der Waals surface area contributed by atoms with Crippen molar-refractivity contribution in [3.8, 4) is 0 Å². The molecular weight excluding hydrogens is 174 g/mol. The number of rotatable bonds is 4. The van der Waals surface area contributed by atoms with Crippen LogP contribution in [0.5, 0.6) is 0 Å². The Morgan fingerprint density at radius 3 is 2.93 bits per heavy atom. The SMILES string of the molecule is CC(NCC1CCC1)c1cnccn1. The summed E-state index contributed by atoms with van der Waals surface area (Å²) in [4.78, 5) is 8.34. The fraction of sp³-hybridized carbons (Fsp3) is 0.636. The van der Waals surface area contributed by atoms with Crippen molar-refractivity contribution in [2.24, 2.45) is 5.92 Å². The molecule has 76 valence electrons. The smallest absolute Gasteiger partial charge is 0.0753 e. The highest BCUT2D eigenvalue weighted by molar-refractivity contribution is 5.00. The van der Waals surface area contributed by atoms with E-state index in [-0.39, 0.29) is 0 Å². The van der Waals surface area contributed by atoms with Gasteiger partial charge in [-0.1, -0.05) is 6.42 Å². The predicted molar refractivity (Wildman–Crippen MR) is 55.8 cm³/mol. The number of nitrogens with one attached hydrogen (secondary N) is 1. The first-order chi connectivity index (χ1) is 6.86. The molecule has 1 saturated carbocycles. The molecule has 1 N–H and O–H groups in total. The zero-order valence-corrected chi connectivity index (χ0v) is 8.61. The summed E-state index contributed by atoms with van der Waals surface area (Å²) in [6.45, 7) is 3.26. The number of hydrogen-bond donors (Lipinski definition) is 1. The molecule has 3 heteroatoms. The molecule has 0 aliphatic heterocycles. The molecule has 1 fully saturated rings. The van der Waals surface area contributed by atoms with Crippen LogP contribution in [0.25, 0.3) is 0 Å². The van der Waals surface area contributed by atoms with Crippen LogP contribution in [0.3, 0.4) is 0 Å². The average Bonchev–Trinajstić information content (AvgIpc) is 2.16. The van der Waals surface area contributed by atoms with Crippen LogP contribution in [0.1, 0.15) is 37.9 Å². The summed E-state index contributed by atoms with van der Waals surface area (Å²) in [5, 5.41) is 3.50. The Hall–Kier alpha value is -0.960. The lowest BCUT2D eigenvalue weighted by Gasteiger charge is -2.27. The topological polar surface area (TPSA) is 37.8 Å². The third-order valence-electron chi connectivity index (χ3n) is 2.96. The lowest BCUT2D eigenvalue weighted by molar-refractivity contribution is 0.291. The van der Waals surface area contributed by atoms with Crippen LogP contribution >= 0.6 is 0 Å². The van der Waals surface area contributed by atoms with E-state index in [0.29, 0.717) is 6.04 Å². The largest absolute Gasteiger partial charge is 0.309 e. The third kappa shape index (κ3) is 2.29. The molecule has 14 heavy (non-hydrogen) atoms. The quantitative estimate of drug-likeness (QED) is 0.790. The van der Waals surface area contributed by atoms with Crippen LogP contribution in [0.15, 0.2) is 18.6 Å². The van der Waals surface area contributed by atoms with Crippen LogP contribution in [0.4, 0.5) is 0 Å². The lowest BCUT2D eigenvalue weighted by atomic mass is 9.85. The molecule has 1 aliphatic carbocycles. The van der Waals surface area contributed by atoms with E-state index in [0.717, 1.165) is 18.2 Å². The summed E-state index contributed by atoms with van der Waals surface area (Å²) < 4.78 is 0. The van der Waals surface area contributed by atoms with E-state index in [1.807, 2.05) is 6.20 Å². The Balaban J connectivity index is 1.80. The van der Waals surface area contributed by atoms with Gasteiger partial charge in [-0.25, -0.2) is 0 Å². The molecular formula is C11H17N3. The van der Waals surface area contributed by atoms with E-state index < -0.39 is 0 Å². The van der Waals surface area contributed by atoms with Gasteiger partial charge in [0.05, 0.1) is 5.69 Å². The van der Waals surface area contributed by atoms with Crippen molar-refractivity contribution in [3.05, 3.63) is 24.3 Å². The van der Waals surface area contributed by atoms with E-state index in [4.69, 9.17) is 0 Å². The van der Waals surface area contributed by atoms with Gasteiger partial charge in [0, 0.05) is 24.6 Å². The van der Waals surface area contributed by atoms with Crippen LogP contribution in [-0.2, 0) is 0 Å². The summed E-state index contributed by atoms with van der Waals surface area (Å²) >= 11 is 0. The molecule has 2 rings (SSSR count). The van der Waals surface area contributed by atoms with Gasteiger partial charge in [-0.2, -0.15) is 0 Å². The van der Waals surface area contributed by atoms with Crippen molar-refractivity contribution < 1.29 is 0 Å². The van der Waals surface area contributed by atoms with E-state index in [9.17, 15) is 0 Å².